The zero-order chi connectivity index (χ0) is 21.0. The zero-order valence-corrected chi connectivity index (χ0v) is 18.1. The highest BCUT2D eigenvalue weighted by molar-refractivity contribution is 6.34. The van der Waals surface area contributed by atoms with E-state index in [4.69, 9.17) is 34.8 Å². The van der Waals surface area contributed by atoms with Crippen molar-refractivity contribution in [1.82, 2.24) is 9.99 Å². The van der Waals surface area contributed by atoms with Gasteiger partial charge in [0.25, 0.3) is 5.91 Å². The van der Waals surface area contributed by atoms with Gasteiger partial charge in [0.05, 0.1) is 23.5 Å². The van der Waals surface area contributed by atoms with Gasteiger partial charge in [0.1, 0.15) is 0 Å². The number of aryl methyl sites for hydroxylation is 1. The summed E-state index contributed by atoms with van der Waals surface area (Å²) in [7, 11) is 0. The summed E-state index contributed by atoms with van der Waals surface area (Å²) < 4.78 is 2.00. The summed E-state index contributed by atoms with van der Waals surface area (Å²) in [4.78, 5) is 12.0. The van der Waals surface area contributed by atoms with Crippen LogP contribution in [0.15, 0.2) is 53.6 Å². The van der Waals surface area contributed by atoms with Crippen LogP contribution in [0.4, 0.5) is 5.69 Å². The zero-order valence-electron chi connectivity index (χ0n) is 15.8. The Balaban J connectivity index is 1.66. The van der Waals surface area contributed by atoms with Gasteiger partial charge in [0.15, 0.2) is 0 Å². The number of amides is 1. The molecule has 3 rings (SSSR count). The largest absolute Gasteiger partial charge is 0.376 e. The molecule has 3 aromatic rings. The Morgan fingerprint density at radius 1 is 1.03 bits per heavy atom. The molecule has 0 unspecified atom stereocenters. The third-order valence-corrected chi connectivity index (χ3v) is 5.12. The normalized spacial score (nSPS) is 11.1. The lowest BCUT2D eigenvalue weighted by molar-refractivity contribution is -0.119. The predicted octanol–water partition coefficient (Wildman–Crippen LogP) is 5.62. The Morgan fingerprint density at radius 2 is 1.72 bits per heavy atom. The van der Waals surface area contributed by atoms with Crippen LogP contribution in [0.25, 0.3) is 5.69 Å². The smallest absolute Gasteiger partial charge is 0.259 e. The van der Waals surface area contributed by atoms with Crippen molar-refractivity contribution in [2.75, 3.05) is 11.9 Å². The minimum atomic E-state index is -0.261. The molecule has 2 N–H and O–H groups in total. The van der Waals surface area contributed by atoms with Crippen molar-refractivity contribution in [3.63, 3.8) is 0 Å². The summed E-state index contributed by atoms with van der Waals surface area (Å²) in [6, 6.07) is 14.4. The van der Waals surface area contributed by atoms with Crippen LogP contribution >= 0.6 is 34.8 Å². The van der Waals surface area contributed by atoms with E-state index in [2.05, 4.69) is 15.8 Å². The minimum absolute atomic E-state index is 0.0934. The van der Waals surface area contributed by atoms with Crippen LogP contribution in [0.1, 0.15) is 17.0 Å². The molecule has 1 aromatic heterocycles. The molecule has 150 valence electrons. The Morgan fingerprint density at radius 3 is 2.45 bits per heavy atom. The summed E-state index contributed by atoms with van der Waals surface area (Å²) in [6.45, 7) is 4.02. The summed E-state index contributed by atoms with van der Waals surface area (Å²) in [5, 5.41) is 8.90. The summed E-state index contributed by atoms with van der Waals surface area (Å²) in [5.41, 5.74) is 6.89. The summed E-state index contributed by atoms with van der Waals surface area (Å²) in [5.74, 6) is -0.261. The number of hydrazone groups is 1. The number of benzene rings is 2. The molecule has 0 atom stereocenters. The molecule has 0 spiro atoms. The number of anilines is 1. The molecule has 0 radical (unpaired) electrons. The van der Waals surface area contributed by atoms with E-state index < -0.39 is 0 Å². The number of hydrogen-bond acceptors (Lipinski definition) is 3. The van der Waals surface area contributed by atoms with Crippen LogP contribution in [0.2, 0.25) is 15.1 Å². The molecule has 1 heterocycles. The first-order chi connectivity index (χ1) is 13.8. The van der Waals surface area contributed by atoms with E-state index in [9.17, 15) is 4.79 Å². The fourth-order valence-electron chi connectivity index (χ4n) is 2.91. The van der Waals surface area contributed by atoms with Crippen LogP contribution in [-0.4, -0.2) is 23.2 Å². The number of nitrogens with zero attached hydrogens (tertiary/aromatic N) is 2. The summed E-state index contributed by atoms with van der Waals surface area (Å²) in [6.07, 6.45) is 1.61. The average Bonchev–Trinajstić information content (AvgIpc) is 2.97. The number of hydrogen-bond donors (Lipinski definition) is 2. The molecule has 0 saturated heterocycles. The molecule has 29 heavy (non-hydrogen) atoms. The van der Waals surface area contributed by atoms with Gasteiger partial charge in [-0.15, -0.1) is 0 Å². The van der Waals surface area contributed by atoms with Gasteiger partial charge in [-0.1, -0.05) is 34.8 Å². The number of rotatable bonds is 6. The molecule has 0 aliphatic carbocycles. The van der Waals surface area contributed by atoms with Crippen molar-refractivity contribution < 1.29 is 4.79 Å². The van der Waals surface area contributed by atoms with Gasteiger partial charge in [-0.25, -0.2) is 5.43 Å². The molecule has 0 fully saturated rings. The van der Waals surface area contributed by atoms with Crippen molar-refractivity contribution in [1.29, 1.82) is 0 Å². The molecule has 0 saturated carbocycles. The second-order valence-electron chi connectivity index (χ2n) is 6.41. The predicted molar refractivity (Wildman–Crippen MR) is 121 cm³/mol. The summed E-state index contributed by atoms with van der Waals surface area (Å²) >= 11 is 18.3. The first-order valence-corrected chi connectivity index (χ1v) is 9.94. The highest BCUT2D eigenvalue weighted by atomic mass is 35.5. The quantitative estimate of drug-likeness (QED) is 0.379. The molecular formula is C21H19Cl3N4O. The molecule has 5 nitrogen and oxygen atoms in total. The molecule has 8 heteroatoms. The maximum atomic E-state index is 12.0. The minimum Gasteiger partial charge on any atom is -0.376 e. The average molecular weight is 450 g/mol. The fraction of sp³-hybridized carbons (Fsp3) is 0.143. The van der Waals surface area contributed by atoms with Gasteiger partial charge in [0.2, 0.25) is 0 Å². The van der Waals surface area contributed by atoms with Gasteiger partial charge in [-0.2, -0.15) is 5.10 Å². The SMILES string of the molecule is Cc1cc(/C=N\NC(=O)CNc2ccc(Cl)cc2)c(C)n1-c1cc(Cl)ccc1Cl. The standard InChI is InChI=1S/C21H19Cl3N4O/c1-13-9-15(14(2)28(13)20-10-17(23)5-8-19(20)24)11-26-27-21(29)12-25-18-6-3-16(22)4-7-18/h3-11,25H,12H2,1-2H3,(H,27,29)/b26-11-. The van der Waals surface area contributed by atoms with Gasteiger partial charge >= 0.3 is 0 Å². The molecular weight excluding hydrogens is 431 g/mol. The van der Waals surface area contributed by atoms with Crippen LogP contribution in [-0.2, 0) is 4.79 Å². The van der Waals surface area contributed by atoms with Crippen molar-refractivity contribution >= 4 is 52.6 Å². The van der Waals surface area contributed by atoms with Crippen molar-refractivity contribution in [3.8, 4) is 5.69 Å². The molecule has 1 amide bonds. The van der Waals surface area contributed by atoms with Crippen molar-refractivity contribution in [3.05, 3.63) is 80.6 Å². The third kappa shape index (κ3) is 5.32. The van der Waals surface area contributed by atoms with E-state index >= 15 is 0 Å². The third-order valence-electron chi connectivity index (χ3n) is 4.31. The lowest BCUT2D eigenvalue weighted by Crippen LogP contribution is -2.25. The maximum Gasteiger partial charge on any atom is 0.259 e. The van der Waals surface area contributed by atoms with E-state index in [-0.39, 0.29) is 12.5 Å². The second kappa shape index (κ2) is 9.35. The van der Waals surface area contributed by atoms with Crippen LogP contribution in [0.3, 0.4) is 0 Å². The van der Waals surface area contributed by atoms with E-state index in [1.54, 1.807) is 42.6 Å². The maximum absolute atomic E-state index is 12.0. The fourth-order valence-corrected chi connectivity index (χ4v) is 3.40. The highest BCUT2D eigenvalue weighted by Crippen LogP contribution is 2.28. The molecule has 0 bridgehead atoms. The Bertz CT molecular complexity index is 1060. The van der Waals surface area contributed by atoms with E-state index in [1.165, 1.54) is 0 Å². The Kier molecular flexibility index (Phi) is 6.85. The monoisotopic (exact) mass is 448 g/mol. The van der Waals surface area contributed by atoms with Crippen LogP contribution in [0.5, 0.6) is 0 Å². The second-order valence-corrected chi connectivity index (χ2v) is 7.69. The highest BCUT2D eigenvalue weighted by Gasteiger charge is 2.12. The van der Waals surface area contributed by atoms with E-state index in [1.807, 2.05) is 30.5 Å². The molecule has 0 aliphatic rings. The van der Waals surface area contributed by atoms with E-state index in [0.29, 0.717) is 15.1 Å². The number of nitrogens with one attached hydrogen (secondary N) is 2. The number of carbonyl (C=O) groups is 1. The first kappa shape index (κ1) is 21.2. The number of carbonyl (C=O) groups excluding carboxylic acids is 1. The Hall–Kier alpha value is -2.47. The van der Waals surface area contributed by atoms with Gasteiger partial charge in [-0.05, 0) is 62.4 Å². The first-order valence-electron chi connectivity index (χ1n) is 8.81. The van der Waals surface area contributed by atoms with Gasteiger partial charge in [-0.3, -0.25) is 4.79 Å². The van der Waals surface area contributed by atoms with Crippen LogP contribution < -0.4 is 10.7 Å². The van der Waals surface area contributed by atoms with Gasteiger partial charge in [0, 0.05) is 32.7 Å². The van der Waals surface area contributed by atoms with Crippen molar-refractivity contribution in [2.24, 2.45) is 5.10 Å². The lowest BCUT2D eigenvalue weighted by atomic mass is 10.2. The molecule has 0 aliphatic heterocycles. The number of halogens is 3. The van der Waals surface area contributed by atoms with E-state index in [0.717, 1.165) is 28.3 Å². The number of aromatic nitrogens is 1. The van der Waals surface area contributed by atoms with Crippen molar-refractivity contribution in [2.45, 2.75) is 13.8 Å². The molecule has 2 aromatic carbocycles. The van der Waals surface area contributed by atoms with Gasteiger partial charge < -0.3 is 9.88 Å². The topological polar surface area (TPSA) is 58.4 Å². The Labute approximate surface area is 184 Å². The van der Waals surface area contributed by atoms with Crippen LogP contribution in [0, 0.1) is 13.8 Å². The lowest BCUT2D eigenvalue weighted by Gasteiger charge is -2.12.